The maximum Gasteiger partial charge on any atom is 0.101 e. The number of nitrogens with one attached hydrogen (secondary N) is 1. The van der Waals surface area contributed by atoms with E-state index in [1.54, 1.807) is 0 Å². The van der Waals surface area contributed by atoms with Crippen LogP contribution in [0.4, 0.5) is 0 Å². The number of nitrogens with zero attached hydrogens (tertiary/aromatic N) is 4. The molecule has 2 aromatic rings. The van der Waals surface area contributed by atoms with E-state index >= 15 is 0 Å². The van der Waals surface area contributed by atoms with Gasteiger partial charge in [0, 0.05) is 49.9 Å². The fourth-order valence-electron chi connectivity index (χ4n) is 3.25. The first kappa shape index (κ1) is 15.2. The molecular weight excluding hydrogens is 278 g/mol. The Kier molecular flexibility index (Phi) is 4.59. The van der Waals surface area contributed by atoms with E-state index in [0.29, 0.717) is 6.04 Å². The van der Waals surface area contributed by atoms with Crippen molar-refractivity contribution in [3.05, 3.63) is 35.7 Å². The molecular formula is C16H25N5O. The number of ether oxygens (including phenoxy) is 1. The van der Waals surface area contributed by atoms with E-state index in [9.17, 15) is 0 Å². The molecule has 1 N–H and O–H groups in total. The maximum absolute atomic E-state index is 6.00. The lowest BCUT2D eigenvalue weighted by Gasteiger charge is -2.20. The van der Waals surface area contributed by atoms with Crippen LogP contribution in [-0.4, -0.2) is 38.5 Å². The first-order valence-electron chi connectivity index (χ1n) is 7.97. The van der Waals surface area contributed by atoms with Gasteiger partial charge in [0.15, 0.2) is 0 Å². The van der Waals surface area contributed by atoms with Crippen molar-refractivity contribution in [2.24, 2.45) is 7.05 Å². The summed E-state index contributed by atoms with van der Waals surface area (Å²) < 4.78 is 10.1. The van der Waals surface area contributed by atoms with E-state index in [4.69, 9.17) is 4.74 Å². The van der Waals surface area contributed by atoms with Crippen LogP contribution < -0.4 is 5.32 Å². The van der Waals surface area contributed by atoms with Gasteiger partial charge in [-0.15, -0.1) is 0 Å². The standard InChI is InChI=1S/C16H25N5O/c1-12-15(13(2)20(3)19-12)16-14(5-10-22-16)18-6-4-8-21-9-7-17-11-21/h7,9,11,14,16,18H,4-6,8,10H2,1-3H3/t14-,16-/m0/s1. The third-order valence-corrected chi connectivity index (χ3v) is 4.50. The van der Waals surface area contributed by atoms with Gasteiger partial charge in [0.25, 0.3) is 0 Å². The normalized spacial score (nSPS) is 21.6. The second-order valence-corrected chi connectivity index (χ2v) is 6.00. The summed E-state index contributed by atoms with van der Waals surface area (Å²) in [5.74, 6) is 0. The van der Waals surface area contributed by atoms with Gasteiger partial charge in [0.1, 0.15) is 6.10 Å². The molecule has 0 amide bonds. The molecule has 0 saturated carbocycles. The Balaban J connectivity index is 1.56. The number of hydrogen-bond acceptors (Lipinski definition) is 4. The monoisotopic (exact) mass is 303 g/mol. The van der Waals surface area contributed by atoms with Gasteiger partial charge < -0.3 is 14.6 Å². The molecule has 0 aliphatic carbocycles. The second kappa shape index (κ2) is 6.62. The van der Waals surface area contributed by atoms with Crippen LogP contribution in [0.25, 0.3) is 0 Å². The Bertz CT molecular complexity index is 604. The van der Waals surface area contributed by atoms with E-state index in [1.165, 1.54) is 11.3 Å². The number of aryl methyl sites for hydroxylation is 3. The highest BCUT2D eigenvalue weighted by molar-refractivity contribution is 5.29. The first-order valence-corrected chi connectivity index (χ1v) is 7.97. The Labute approximate surface area is 131 Å². The number of aromatic nitrogens is 4. The predicted molar refractivity (Wildman–Crippen MR) is 84.6 cm³/mol. The lowest BCUT2D eigenvalue weighted by atomic mass is 10.0. The molecule has 1 saturated heterocycles. The highest BCUT2D eigenvalue weighted by Gasteiger charge is 2.33. The molecule has 120 valence electrons. The Morgan fingerprint density at radius 1 is 1.41 bits per heavy atom. The SMILES string of the molecule is Cc1nn(C)c(C)c1[C@H]1OCC[C@@H]1NCCCn1ccnc1. The van der Waals surface area contributed by atoms with E-state index < -0.39 is 0 Å². The van der Waals surface area contributed by atoms with Gasteiger partial charge >= 0.3 is 0 Å². The highest BCUT2D eigenvalue weighted by atomic mass is 16.5. The molecule has 2 atom stereocenters. The van der Waals surface area contributed by atoms with Gasteiger partial charge in [0.2, 0.25) is 0 Å². The molecule has 6 nitrogen and oxygen atoms in total. The van der Waals surface area contributed by atoms with Crippen LogP contribution in [0.2, 0.25) is 0 Å². The molecule has 1 fully saturated rings. The maximum atomic E-state index is 6.00. The fraction of sp³-hybridized carbons (Fsp3) is 0.625. The zero-order chi connectivity index (χ0) is 15.5. The van der Waals surface area contributed by atoms with E-state index in [-0.39, 0.29) is 6.10 Å². The van der Waals surface area contributed by atoms with Crippen molar-refractivity contribution >= 4 is 0 Å². The molecule has 0 radical (unpaired) electrons. The molecule has 0 aromatic carbocycles. The van der Waals surface area contributed by atoms with Crippen molar-refractivity contribution in [3.63, 3.8) is 0 Å². The summed E-state index contributed by atoms with van der Waals surface area (Å²) in [5, 5.41) is 8.18. The quantitative estimate of drug-likeness (QED) is 0.826. The minimum absolute atomic E-state index is 0.127. The van der Waals surface area contributed by atoms with E-state index in [2.05, 4.69) is 33.8 Å². The van der Waals surface area contributed by atoms with Crippen LogP contribution in [0.1, 0.15) is 35.9 Å². The van der Waals surface area contributed by atoms with Gasteiger partial charge in [-0.3, -0.25) is 4.68 Å². The summed E-state index contributed by atoms with van der Waals surface area (Å²) in [6.07, 6.45) is 7.96. The van der Waals surface area contributed by atoms with Gasteiger partial charge in [0.05, 0.1) is 12.0 Å². The van der Waals surface area contributed by atoms with Crippen LogP contribution in [0.15, 0.2) is 18.7 Å². The molecule has 2 aromatic heterocycles. The van der Waals surface area contributed by atoms with Crippen molar-refractivity contribution in [1.29, 1.82) is 0 Å². The summed E-state index contributed by atoms with van der Waals surface area (Å²) in [4.78, 5) is 4.07. The Morgan fingerprint density at radius 3 is 2.95 bits per heavy atom. The van der Waals surface area contributed by atoms with Crippen LogP contribution in [-0.2, 0) is 18.3 Å². The molecule has 0 unspecified atom stereocenters. The smallest absolute Gasteiger partial charge is 0.101 e. The molecule has 3 rings (SSSR count). The predicted octanol–water partition coefficient (Wildman–Crippen LogP) is 1.74. The van der Waals surface area contributed by atoms with Gasteiger partial charge in [-0.1, -0.05) is 0 Å². The minimum Gasteiger partial charge on any atom is -0.372 e. The summed E-state index contributed by atoms with van der Waals surface area (Å²) in [5.41, 5.74) is 3.54. The molecule has 1 aliphatic rings. The minimum atomic E-state index is 0.127. The van der Waals surface area contributed by atoms with Crippen LogP contribution in [0.3, 0.4) is 0 Å². The fourth-order valence-corrected chi connectivity index (χ4v) is 3.25. The number of imidazole rings is 1. The average molecular weight is 303 g/mol. The van der Waals surface area contributed by atoms with Crippen molar-refractivity contribution < 1.29 is 4.74 Å². The molecule has 0 bridgehead atoms. The summed E-state index contributed by atoms with van der Waals surface area (Å²) >= 11 is 0. The largest absolute Gasteiger partial charge is 0.372 e. The van der Waals surface area contributed by atoms with Gasteiger partial charge in [-0.25, -0.2) is 4.98 Å². The van der Waals surface area contributed by atoms with Crippen molar-refractivity contribution in [3.8, 4) is 0 Å². The molecule has 0 spiro atoms. The summed E-state index contributed by atoms with van der Waals surface area (Å²) in [6, 6.07) is 0.379. The Morgan fingerprint density at radius 2 is 2.27 bits per heavy atom. The van der Waals surface area contributed by atoms with Crippen molar-refractivity contribution in [2.45, 2.75) is 45.4 Å². The second-order valence-electron chi connectivity index (χ2n) is 6.00. The van der Waals surface area contributed by atoms with Gasteiger partial charge in [-0.05, 0) is 33.2 Å². The zero-order valence-electron chi connectivity index (χ0n) is 13.6. The number of hydrogen-bond donors (Lipinski definition) is 1. The molecule has 1 aliphatic heterocycles. The van der Waals surface area contributed by atoms with Crippen LogP contribution in [0, 0.1) is 13.8 Å². The van der Waals surface area contributed by atoms with E-state index in [1.807, 2.05) is 30.5 Å². The van der Waals surface area contributed by atoms with Crippen LogP contribution in [0.5, 0.6) is 0 Å². The summed E-state index contributed by atoms with van der Waals surface area (Å²) in [6.45, 7) is 6.99. The third kappa shape index (κ3) is 3.08. The molecule has 22 heavy (non-hydrogen) atoms. The first-order chi connectivity index (χ1) is 10.7. The summed E-state index contributed by atoms with van der Waals surface area (Å²) in [7, 11) is 1.99. The molecule has 6 heteroatoms. The van der Waals surface area contributed by atoms with Crippen molar-refractivity contribution in [1.82, 2.24) is 24.6 Å². The third-order valence-electron chi connectivity index (χ3n) is 4.50. The van der Waals surface area contributed by atoms with Crippen LogP contribution >= 0.6 is 0 Å². The number of rotatable bonds is 6. The lowest BCUT2D eigenvalue weighted by Crippen LogP contribution is -2.33. The average Bonchev–Trinajstić information content (AvgIpc) is 3.19. The lowest BCUT2D eigenvalue weighted by molar-refractivity contribution is 0.0976. The molecule has 3 heterocycles. The van der Waals surface area contributed by atoms with E-state index in [0.717, 1.165) is 38.2 Å². The Hall–Kier alpha value is -1.66. The van der Waals surface area contributed by atoms with Crippen molar-refractivity contribution in [2.75, 3.05) is 13.2 Å². The topological polar surface area (TPSA) is 56.9 Å². The highest BCUT2D eigenvalue weighted by Crippen LogP contribution is 2.33. The van der Waals surface area contributed by atoms with Gasteiger partial charge in [-0.2, -0.15) is 5.10 Å². The zero-order valence-corrected chi connectivity index (χ0v) is 13.6.